The molecule has 0 saturated carbocycles. The zero-order chi connectivity index (χ0) is 27.2. The number of aliphatic hydroxyl groups excluding tert-OH is 1. The molecule has 1 aliphatic heterocycles. The predicted octanol–water partition coefficient (Wildman–Crippen LogP) is 3.71. The molecule has 0 aromatic heterocycles. The first-order valence-corrected chi connectivity index (χ1v) is 12.7. The maximum atomic E-state index is 13.3. The van der Waals surface area contributed by atoms with Crippen molar-refractivity contribution in [2.45, 2.75) is 64.3 Å². The minimum absolute atomic E-state index is 0.0132. The summed E-state index contributed by atoms with van der Waals surface area (Å²) in [6.07, 6.45) is 0.783. The number of anilines is 1. The van der Waals surface area contributed by atoms with Crippen LogP contribution in [-0.4, -0.2) is 53.0 Å². The lowest BCUT2D eigenvalue weighted by molar-refractivity contribution is -0.142. The number of aliphatic carboxylic acids is 1. The number of halogens is 2. The summed E-state index contributed by atoms with van der Waals surface area (Å²) in [4.78, 5) is 26.9. The van der Waals surface area contributed by atoms with Crippen LogP contribution in [0.5, 0.6) is 0 Å². The Labute approximate surface area is 216 Å². The Bertz CT molecular complexity index is 1040. The van der Waals surface area contributed by atoms with Gasteiger partial charge in [0.25, 0.3) is 0 Å². The molecule has 0 radical (unpaired) electrons. The first-order chi connectivity index (χ1) is 17.4. The van der Waals surface area contributed by atoms with Gasteiger partial charge in [0.2, 0.25) is 5.91 Å². The lowest BCUT2D eigenvalue weighted by atomic mass is 9.92. The summed E-state index contributed by atoms with van der Waals surface area (Å²) < 4.78 is 26.5. The van der Waals surface area contributed by atoms with Crippen LogP contribution in [0.3, 0.4) is 0 Å². The predicted molar refractivity (Wildman–Crippen MR) is 138 cm³/mol. The van der Waals surface area contributed by atoms with Crippen molar-refractivity contribution in [1.82, 2.24) is 10.6 Å². The minimum Gasteiger partial charge on any atom is -0.481 e. The average molecular weight is 518 g/mol. The highest BCUT2D eigenvalue weighted by Gasteiger charge is 2.33. The number of carbonyl (C=O) groups is 2. The highest BCUT2D eigenvalue weighted by atomic mass is 19.1. The van der Waals surface area contributed by atoms with Gasteiger partial charge < -0.3 is 20.4 Å². The van der Waals surface area contributed by atoms with Gasteiger partial charge in [-0.2, -0.15) is 0 Å². The molecule has 9 heteroatoms. The zero-order valence-corrected chi connectivity index (χ0v) is 21.6. The molecular weight excluding hydrogens is 480 g/mol. The van der Waals surface area contributed by atoms with Crippen LogP contribution in [0.2, 0.25) is 0 Å². The van der Waals surface area contributed by atoms with Crippen molar-refractivity contribution in [3.05, 3.63) is 65.7 Å². The molecule has 3 atom stereocenters. The molecule has 2 aromatic carbocycles. The minimum atomic E-state index is -1.02. The van der Waals surface area contributed by atoms with E-state index in [1.54, 1.807) is 24.3 Å². The van der Waals surface area contributed by atoms with Crippen molar-refractivity contribution in [3.8, 4) is 0 Å². The Morgan fingerprint density at radius 3 is 2.11 bits per heavy atom. The van der Waals surface area contributed by atoms with Gasteiger partial charge >= 0.3 is 5.97 Å². The van der Waals surface area contributed by atoms with E-state index >= 15 is 0 Å². The van der Waals surface area contributed by atoms with Crippen LogP contribution in [0, 0.1) is 23.5 Å². The quantitative estimate of drug-likeness (QED) is 0.339. The van der Waals surface area contributed by atoms with Gasteiger partial charge in [0.1, 0.15) is 17.9 Å². The summed E-state index contributed by atoms with van der Waals surface area (Å²) in [7, 11) is 0. The Kier molecular flexibility index (Phi) is 9.62. The number of benzene rings is 2. The third-order valence-corrected chi connectivity index (χ3v) is 6.90. The monoisotopic (exact) mass is 517 g/mol. The van der Waals surface area contributed by atoms with Gasteiger partial charge in [-0.1, -0.05) is 19.1 Å². The molecule has 3 rings (SSSR count). The first-order valence-electron chi connectivity index (χ1n) is 12.7. The van der Waals surface area contributed by atoms with E-state index in [9.17, 15) is 28.6 Å². The number of carboxylic acids is 1. The van der Waals surface area contributed by atoms with Gasteiger partial charge in [-0.15, -0.1) is 0 Å². The Hall–Kier alpha value is -3.04. The molecule has 1 fully saturated rings. The van der Waals surface area contributed by atoms with Crippen LogP contribution in [-0.2, 0) is 16.0 Å². The van der Waals surface area contributed by atoms with Gasteiger partial charge in [0, 0.05) is 30.2 Å². The molecular formula is C28H37F2N3O4. The largest absolute Gasteiger partial charge is 0.481 e. The molecule has 4 N–H and O–H groups in total. The summed E-state index contributed by atoms with van der Waals surface area (Å²) >= 11 is 0. The van der Waals surface area contributed by atoms with Crippen molar-refractivity contribution in [3.63, 3.8) is 0 Å². The molecule has 0 spiro atoms. The van der Waals surface area contributed by atoms with E-state index in [2.05, 4.69) is 15.5 Å². The van der Waals surface area contributed by atoms with Gasteiger partial charge in [0.05, 0.1) is 12.0 Å². The average Bonchev–Trinajstić information content (AvgIpc) is 2.85. The Balaban J connectivity index is 1.62. The number of piperidine rings is 1. The second kappa shape index (κ2) is 12.5. The van der Waals surface area contributed by atoms with Gasteiger partial charge in [0.15, 0.2) is 0 Å². The summed E-state index contributed by atoms with van der Waals surface area (Å²) in [5.74, 6) is -2.97. The highest BCUT2D eigenvalue weighted by Crippen LogP contribution is 2.25. The van der Waals surface area contributed by atoms with Crippen molar-refractivity contribution in [1.29, 1.82) is 0 Å². The molecule has 2 aromatic rings. The van der Waals surface area contributed by atoms with E-state index in [1.165, 1.54) is 31.2 Å². The topological polar surface area (TPSA) is 102 Å². The molecule has 7 nitrogen and oxygen atoms in total. The van der Waals surface area contributed by atoms with Crippen LogP contribution in [0.15, 0.2) is 48.5 Å². The molecule has 0 bridgehead atoms. The first kappa shape index (κ1) is 28.5. The summed E-state index contributed by atoms with van der Waals surface area (Å²) in [5, 5.41) is 26.3. The van der Waals surface area contributed by atoms with Crippen LogP contribution in [0.4, 0.5) is 14.5 Å². The van der Waals surface area contributed by atoms with Crippen LogP contribution in [0.1, 0.15) is 45.6 Å². The maximum Gasteiger partial charge on any atom is 0.306 e. The Morgan fingerprint density at radius 1 is 1.03 bits per heavy atom. The van der Waals surface area contributed by atoms with Crippen LogP contribution in [0.25, 0.3) is 0 Å². The molecule has 2 unspecified atom stereocenters. The third kappa shape index (κ3) is 8.50. The number of aliphatic hydroxyl groups is 1. The Morgan fingerprint density at radius 2 is 1.57 bits per heavy atom. The third-order valence-electron chi connectivity index (χ3n) is 6.90. The molecule has 0 aliphatic carbocycles. The van der Waals surface area contributed by atoms with E-state index in [4.69, 9.17) is 0 Å². The molecule has 1 amide bonds. The fourth-order valence-corrected chi connectivity index (χ4v) is 4.75. The van der Waals surface area contributed by atoms with Gasteiger partial charge in [-0.3, -0.25) is 14.9 Å². The van der Waals surface area contributed by atoms with E-state index in [0.717, 1.165) is 11.3 Å². The molecule has 202 valence electrons. The van der Waals surface area contributed by atoms with E-state index in [-0.39, 0.29) is 24.0 Å². The number of hydrogen-bond acceptors (Lipinski definition) is 5. The lowest BCUT2D eigenvalue weighted by Crippen LogP contribution is -2.57. The number of rotatable bonds is 11. The second-order valence-electron chi connectivity index (χ2n) is 10.6. The molecule has 1 aliphatic rings. The highest BCUT2D eigenvalue weighted by molar-refractivity contribution is 5.83. The summed E-state index contributed by atoms with van der Waals surface area (Å²) in [6.45, 7) is 6.55. The number of carboxylic acid groups (broad SMARTS) is 1. The normalized spacial score (nSPS) is 17.2. The van der Waals surface area contributed by atoms with E-state index in [1.807, 2.05) is 13.8 Å². The van der Waals surface area contributed by atoms with Gasteiger partial charge in [-0.05, 0) is 81.5 Å². The standard InChI is InChI=1S/C28H37F2N3O4/c1-18(27(36)37)16-24(26(35)32-28(2,3)17-19-4-6-21(29)7-5-19)31-25(34)20-12-14-33(15-13-20)23-10-8-22(30)9-11-23/h4-11,18,20,24-25,31,34H,12-17H2,1-3H3,(H,32,35)(H,36,37)/t18?,24-,25?/m0/s1. The lowest BCUT2D eigenvalue weighted by Gasteiger charge is -2.37. The number of nitrogens with one attached hydrogen (secondary N) is 2. The van der Waals surface area contributed by atoms with Crippen LogP contribution < -0.4 is 15.5 Å². The number of carbonyl (C=O) groups excluding carboxylic acids is 1. The van der Waals surface area contributed by atoms with Crippen molar-refractivity contribution in [2.24, 2.45) is 11.8 Å². The fraction of sp³-hybridized carbons (Fsp3) is 0.500. The molecule has 1 heterocycles. The summed E-state index contributed by atoms with van der Waals surface area (Å²) in [5.41, 5.74) is 1.08. The zero-order valence-electron chi connectivity index (χ0n) is 21.6. The van der Waals surface area contributed by atoms with E-state index < -0.39 is 35.6 Å². The van der Waals surface area contributed by atoms with Crippen molar-refractivity contribution >= 4 is 17.6 Å². The number of hydrogen-bond donors (Lipinski definition) is 4. The number of nitrogens with zero attached hydrogens (tertiary/aromatic N) is 1. The number of amides is 1. The molecule has 37 heavy (non-hydrogen) atoms. The summed E-state index contributed by atoms with van der Waals surface area (Å²) in [6, 6.07) is 11.4. The SMILES string of the molecule is CC(C[C@H](NC(O)C1CCN(c2ccc(F)cc2)CC1)C(=O)NC(C)(C)Cc1ccc(F)cc1)C(=O)O. The van der Waals surface area contributed by atoms with E-state index in [0.29, 0.717) is 32.4 Å². The maximum absolute atomic E-state index is 13.3. The van der Waals surface area contributed by atoms with Crippen molar-refractivity contribution in [2.75, 3.05) is 18.0 Å². The second-order valence-corrected chi connectivity index (χ2v) is 10.6. The van der Waals surface area contributed by atoms with Crippen molar-refractivity contribution < 1.29 is 28.6 Å². The van der Waals surface area contributed by atoms with Crippen LogP contribution >= 0.6 is 0 Å². The van der Waals surface area contributed by atoms with Gasteiger partial charge in [-0.25, -0.2) is 8.78 Å². The smallest absolute Gasteiger partial charge is 0.306 e. The fourth-order valence-electron chi connectivity index (χ4n) is 4.75. The molecule has 1 saturated heterocycles.